The normalized spacial score (nSPS) is 18.9. The number of ether oxygens (including phenoxy) is 1. The molecule has 0 fully saturated rings. The van der Waals surface area contributed by atoms with Crippen LogP contribution in [-0.4, -0.2) is 18.4 Å². The number of hydrogen-bond donors (Lipinski definition) is 1. The van der Waals surface area contributed by atoms with Crippen LogP contribution in [0.3, 0.4) is 0 Å². The zero-order valence-electron chi connectivity index (χ0n) is 22.3. The first-order valence-electron chi connectivity index (χ1n) is 13.7. The molecule has 2 aliphatic rings. The molecule has 0 aromatic heterocycles. The van der Waals surface area contributed by atoms with Crippen molar-refractivity contribution in [1.29, 1.82) is 0 Å². The Morgan fingerprint density at radius 1 is 0.900 bits per heavy atom. The van der Waals surface area contributed by atoms with Crippen LogP contribution in [-0.2, 0) is 20.7 Å². The maximum atomic E-state index is 14.0. The van der Waals surface area contributed by atoms with Gasteiger partial charge in [-0.2, -0.15) is 0 Å². The summed E-state index contributed by atoms with van der Waals surface area (Å²) in [6.07, 6.45) is 1.68. The lowest BCUT2D eigenvalue weighted by atomic mass is 9.71. The molecule has 200 valence electrons. The van der Waals surface area contributed by atoms with E-state index in [2.05, 4.69) is 23.5 Å². The third-order valence-electron chi connectivity index (χ3n) is 7.99. The minimum absolute atomic E-state index is 0.0383. The van der Waals surface area contributed by atoms with E-state index < -0.39 is 11.9 Å². The van der Waals surface area contributed by atoms with Crippen molar-refractivity contribution in [2.24, 2.45) is 0 Å². The lowest BCUT2D eigenvalue weighted by Crippen LogP contribution is -2.36. The summed E-state index contributed by atoms with van der Waals surface area (Å²) in [6, 6.07) is 31.9. The number of Topliss-reactive ketones (excluding diaryl/α,β-unsaturated/α-hetero) is 1. The van der Waals surface area contributed by atoms with E-state index in [0.717, 1.165) is 38.9 Å². The molecule has 0 saturated carbocycles. The van der Waals surface area contributed by atoms with Crippen molar-refractivity contribution in [2.75, 3.05) is 6.61 Å². The van der Waals surface area contributed by atoms with Gasteiger partial charge in [0.2, 0.25) is 0 Å². The second-order valence-electron chi connectivity index (χ2n) is 10.5. The number of nitrogens with one attached hydrogen (secondary N) is 1. The first-order valence-corrected chi connectivity index (χ1v) is 14.1. The van der Waals surface area contributed by atoms with Crippen molar-refractivity contribution >= 4 is 34.1 Å². The van der Waals surface area contributed by atoms with Crippen LogP contribution >= 0.6 is 11.6 Å². The third-order valence-corrected chi connectivity index (χ3v) is 8.24. The van der Waals surface area contributed by atoms with Gasteiger partial charge in [-0.15, -0.1) is 0 Å². The van der Waals surface area contributed by atoms with E-state index in [0.29, 0.717) is 35.4 Å². The summed E-state index contributed by atoms with van der Waals surface area (Å²) in [5, 5.41) is 6.22. The fraction of sp³-hybridized carbons (Fsp3) is 0.200. The van der Waals surface area contributed by atoms with Gasteiger partial charge in [0.1, 0.15) is 0 Å². The van der Waals surface area contributed by atoms with Gasteiger partial charge in [0, 0.05) is 40.7 Å². The van der Waals surface area contributed by atoms with E-state index in [1.54, 1.807) is 0 Å². The molecule has 0 radical (unpaired) electrons. The number of carbonyl (C=O) groups excluding carboxylic acids is 2. The molecule has 5 heteroatoms. The fourth-order valence-corrected chi connectivity index (χ4v) is 6.20. The van der Waals surface area contributed by atoms with Crippen LogP contribution in [0, 0.1) is 0 Å². The zero-order chi connectivity index (χ0) is 27.6. The first-order chi connectivity index (χ1) is 19.5. The Balaban J connectivity index is 1.39. The third kappa shape index (κ3) is 5.07. The van der Waals surface area contributed by atoms with Crippen LogP contribution in [0.2, 0.25) is 5.02 Å². The number of benzene rings is 4. The van der Waals surface area contributed by atoms with Crippen LogP contribution in [0.25, 0.3) is 10.8 Å². The maximum absolute atomic E-state index is 14.0. The highest BCUT2D eigenvalue weighted by molar-refractivity contribution is 6.30. The molecule has 4 aromatic carbocycles. The number of fused-ring (bicyclic) bond motifs is 1. The maximum Gasteiger partial charge on any atom is 0.336 e. The highest BCUT2D eigenvalue weighted by atomic mass is 35.5. The molecule has 4 aromatic rings. The molecule has 0 unspecified atom stereocenters. The molecular formula is C35H30ClNO3. The number of hydrogen-bond acceptors (Lipinski definition) is 4. The van der Waals surface area contributed by atoms with E-state index in [1.807, 2.05) is 85.8 Å². The Morgan fingerprint density at radius 2 is 1.62 bits per heavy atom. The van der Waals surface area contributed by atoms with Crippen LogP contribution < -0.4 is 5.32 Å². The van der Waals surface area contributed by atoms with Crippen molar-refractivity contribution in [3.05, 3.63) is 141 Å². The van der Waals surface area contributed by atoms with Gasteiger partial charge >= 0.3 is 5.97 Å². The topological polar surface area (TPSA) is 55.4 Å². The van der Waals surface area contributed by atoms with E-state index in [-0.39, 0.29) is 18.3 Å². The highest BCUT2D eigenvalue weighted by Gasteiger charge is 2.42. The lowest BCUT2D eigenvalue weighted by molar-refractivity contribution is -0.139. The van der Waals surface area contributed by atoms with Crippen LogP contribution in [0.1, 0.15) is 48.3 Å². The number of halogens is 1. The fourth-order valence-electron chi connectivity index (χ4n) is 6.08. The van der Waals surface area contributed by atoms with Crippen LogP contribution in [0.4, 0.5) is 0 Å². The van der Waals surface area contributed by atoms with Gasteiger partial charge in [-0.3, -0.25) is 4.79 Å². The summed E-state index contributed by atoms with van der Waals surface area (Å²) in [5.74, 6) is -0.812. The van der Waals surface area contributed by atoms with Crippen LogP contribution in [0.15, 0.2) is 120 Å². The predicted octanol–water partition coefficient (Wildman–Crippen LogP) is 7.64. The van der Waals surface area contributed by atoms with Gasteiger partial charge < -0.3 is 10.1 Å². The average molecular weight is 548 g/mol. The summed E-state index contributed by atoms with van der Waals surface area (Å²) >= 11 is 6.12. The van der Waals surface area contributed by atoms with E-state index in [9.17, 15) is 9.59 Å². The highest BCUT2D eigenvalue weighted by Crippen LogP contribution is 2.47. The number of rotatable bonds is 6. The molecule has 0 bridgehead atoms. The molecule has 0 saturated heterocycles. The van der Waals surface area contributed by atoms with Gasteiger partial charge in [-0.05, 0) is 58.9 Å². The summed E-state index contributed by atoms with van der Waals surface area (Å²) < 4.78 is 5.85. The molecule has 0 spiro atoms. The number of dihydropyridines is 1. The van der Waals surface area contributed by atoms with Crippen molar-refractivity contribution < 1.29 is 14.3 Å². The lowest BCUT2D eigenvalue weighted by Gasteiger charge is -2.37. The average Bonchev–Trinajstić information content (AvgIpc) is 2.97. The summed E-state index contributed by atoms with van der Waals surface area (Å²) in [6.45, 7) is 2.17. The monoisotopic (exact) mass is 547 g/mol. The molecule has 4 nitrogen and oxygen atoms in total. The van der Waals surface area contributed by atoms with Crippen molar-refractivity contribution in [3.8, 4) is 0 Å². The van der Waals surface area contributed by atoms with Crippen molar-refractivity contribution in [3.63, 3.8) is 0 Å². The molecule has 1 N–H and O–H groups in total. The zero-order valence-corrected chi connectivity index (χ0v) is 23.1. The largest absolute Gasteiger partial charge is 0.462 e. The smallest absolute Gasteiger partial charge is 0.336 e. The SMILES string of the molecule is CC1=C(C(=O)OCCc2ccccc2)[C@H](c2cccc3ccccc23)C2=C(C[C@@H](c3ccc(Cl)cc3)CC2=O)N1. The van der Waals surface area contributed by atoms with Crippen molar-refractivity contribution in [1.82, 2.24) is 5.32 Å². The standard InChI is InChI=1S/C35H30ClNO3/c1-22-32(35(39)40-19-18-23-8-3-2-4-9-23)33(29-13-7-11-25-10-5-6-12-28(25)29)34-30(37-22)20-26(21-31(34)38)24-14-16-27(36)17-15-24/h2-17,26,33,37H,18-21H2,1H3/t26-,33+/m1/s1. The predicted molar refractivity (Wildman–Crippen MR) is 159 cm³/mol. The van der Waals surface area contributed by atoms with E-state index in [4.69, 9.17) is 16.3 Å². The Bertz CT molecular complexity index is 1650. The van der Waals surface area contributed by atoms with Gasteiger partial charge in [-0.1, -0.05) is 96.5 Å². The minimum atomic E-state index is -0.509. The molecule has 1 aliphatic heterocycles. The molecule has 40 heavy (non-hydrogen) atoms. The number of esters is 1. The van der Waals surface area contributed by atoms with Gasteiger partial charge in [0.05, 0.1) is 12.2 Å². The van der Waals surface area contributed by atoms with Gasteiger partial charge in [0.25, 0.3) is 0 Å². The Kier molecular flexibility index (Phi) is 7.27. The Hall–Kier alpha value is -4.15. The Morgan fingerprint density at radius 3 is 2.42 bits per heavy atom. The van der Waals surface area contributed by atoms with Crippen molar-refractivity contribution in [2.45, 2.75) is 38.0 Å². The number of ketones is 1. The molecule has 0 amide bonds. The summed E-state index contributed by atoms with van der Waals surface area (Å²) in [5.41, 5.74) is 5.91. The quantitative estimate of drug-likeness (QED) is 0.252. The minimum Gasteiger partial charge on any atom is -0.462 e. The number of allylic oxidation sites excluding steroid dienone is 3. The Labute approximate surface area is 239 Å². The second kappa shape index (κ2) is 11.1. The molecular weight excluding hydrogens is 518 g/mol. The first kappa shape index (κ1) is 26.1. The summed E-state index contributed by atoms with van der Waals surface area (Å²) in [4.78, 5) is 27.7. The molecule has 2 atom stereocenters. The van der Waals surface area contributed by atoms with Gasteiger partial charge in [0.15, 0.2) is 5.78 Å². The molecule has 1 heterocycles. The van der Waals surface area contributed by atoms with Crippen LogP contribution in [0.5, 0.6) is 0 Å². The summed E-state index contributed by atoms with van der Waals surface area (Å²) in [7, 11) is 0. The van der Waals surface area contributed by atoms with Gasteiger partial charge in [-0.25, -0.2) is 4.79 Å². The molecule has 1 aliphatic carbocycles. The van der Waals surface area contributed by atoms with E-state index in [1.165, 1.54) is 0 Å². The second-order valence-corrected chi connectivity index (χ2v) is 10.9. The number of carbonyl (C=O) groups is 2. The van der Waals surface area contributed by atoms with E-state index >= 15 is 0 Å². The molecule has 6 rings (SSSR count).